The third-order valence-electron chi connectivity index (χ3n) is 3.13. The lowest BCUT2D eigenvalue weighted by Crippen LogP contribution is -2.37. The third-order valence-corrected chi connectivity index (χ3v) is 3.13. The number of rotatable bonds is 5. The molecule has 1 aliphatic rings. The van der Waals surface area contributed by atoms with Crippen molar-refractivity contribution >= 4 is 5.69 Å². The fourth-order valence-electron chi connectivity index (χ4n) is 2.13. The molecule has 5 heteroatoms. The highest BCUT2D eigenvalue weighted by Crippen LogP contribution is 2.19. The number of hydrogen-bond donors (Lipinski definition) is 2. The zero-order chi connectivity index (χ0) is 13.5. The highest BCUT2D eigenvalue weighted by molar-refractivity contribution is 5.51. The normalized spacial score (nSPS) is 18.8. The first-order chi connectivity index (χ1) is 9.25. The molecule has 0 radical (unpaired) electrons. The lowest BCUT2D eigenvalue weighted by Gasteiger charge is -2.22. The Labute approximate surface area is 113 Å². The van der Waals surface area contributed by atoms with Crippen LogP contribution in [-0.2, 0) is 4.74 Å². The Morgan fingerprint density at radius 2 is 2.16 bits per heavy atom. The van der Waals surface area contributed by atoms with Crippen molar-refractivity contribution in [3.8, 4) is 5.75 Å². The Morgan fingerprint density at radius 3 is 3.00 bits per heavy atom. The van der Waals surface area contributed by atoms with Crippen molar-refractivity contribution < 1.29 is 14.6 Å². The lowest BCUT2D eigenvalue weighted by atomic mass is 10.3. The van der Waals surface area contributed by atoms with Crippen LogP contribution in [0.4, 0.5) is 5.69 Å². The number of aliphatic hydroxyl groups is 1. The molecule has 1 aromatic rings. The second kappa shape index (κ2) is 7.33. The Hall–Kier alpha value is -1.30. The van der Waals surface area contributed by atoms with Crippen molar-refractivity contribution in [1.29, 1.82) is 0 Å². The van der Waals surface area contributed by atoms with E-state index in [1.54, 1.807) is 6.07 Å². The van der Waals surface area contributed by atoms with Gasteiger partial charge in [0.1, 0.15) is 18.5 Å². The SMILES string of the molecule is Nc1ccccc1OCC(O)CN1CCCOCC1. The molecule has 1 unspecified atom stereocenters. The van der Waals surface area contributed by atoms with Gasteiger partial charge in [0.05, 0.1) is 12.3 Å². The molecule has 1 atom stereocenters. The van der Waals surface area contributed by atoms with Gasteiger partial charge in [0.2, 0.25) is 0 Å². The average Bonchev–Trinajstić information content (AvgIpc) is 2.66. The molecule has 106 valence electrons. The zero-order valence-electron chi connectivity index (χ0n) is 11.1. The van der Waals surface area contributed by atoms with E-state index in [2.05, 4.69) is 4.90 Å². The Kier molecular flexibility index (Phi) is 5.44. The zero-order valence-corrected chi connectivity index (χ0v) is 11.1. The summed E-state index contributed by atoms with van der Waals surface area (Å²) in [6, 6.07) is 7.32. The predicted molar refractivity (Wildman–Crippen MR) is 74.2 cm³/mol. The molecule has 1 aromatic carbocycles. The second-order valence-electron chi connectivity index (χ2n) is 4.77. The van der Waals surface area contributed by atoms with Gasteiger partial charge < -0.3 is 20.3 Å². The van der Waals surface area contributed by atoms with Crippen molar-refractivity contribution in [3.63, 3.8) is 0 Å². The minimum Gasteiger partial charge on any atom is -0.489 e. The van der Waals surface area contributed by atoms with Gasteiger partial charge in [-0.25, -0.2) is 0 Å². The summed E-state index contributed by atoms with van der Waals surface area (Å²) >= 11 is 0. The van der Waals surface area contributed by atoms with Gasteiger partial charge in [0, 0.05) is 26.2 Å². The Morgan fingerprint density at radius 1 is 1.32 bits per heavy atom. The molecule has 3 N–H and O–H groups in total. The summed E-state index contributed by atoms with van der Waals surface area (Å²) in [4.78, 5) is 2.20. The van der Waals surface area contributed by atoms with Crippen molar-refractivity contribution in [1.82, 2.24) is 4.90 Å². The van der Waals surface area contributed by atoms with Gasteiger partial charge in [-0.3, -0.25) is 4.90 Å². The van der Waals surface area contributed by atoms with Crippen LogP contribution in [0.2, 0.25) is 0 Å². The maximum absolute atomic E-state index is 10.00. The monoisotopic (exact) mass is 266 g/mol. The molecule has 1 heterocycles. The standard InChI is InChI=1S/C14H22N2O3/c15-13-4-1-2-5-14(13)19-11-12(17)10-16-6-3-8-18-9-7-16/h1-2,4-5,12,17H,3,6-11,15H2. The molecule has 0 bridgehead atoms. The van der Waals surface area contributed by atoms with E-state index in [4.69, 9.17) is 15.2 Å². The Balaban J connectivity index is 1.74. The molecular weight excluding hydrogens is 244 g/mol. The summed E-state index contributed by atoms with van der Waals surface area (Å²) < 4.78 is 10.9. The van der Waals surface area contributed by atoms with Crippen LogP contribution in [0.15, 0.2) is 24.3 Å². The molecule has 0 saturated carbocycles. The van der Waals surface area contributed by atoms with E-state index in [1.165, 1.54) is 0 Å². The lowest BCUT2D eigenvalue weighted by molar-refractivity contribution is 0.0661. The smallest absolute Gasteiger partial charge is 0.142 e. The molecule has 1 fully saturated rings. The molecule has 19 heavy (non-hydrogen) atoms. The van der Waals surface area contributed by atoms with Crippen molar-refractivity contribution in [2.75, 3.05) is 45.2 Å². The van der Waals surface area contributed by atoms with E-state index in [1.807, 2.05) is 18.2 Å². The summed E-state index contributed by atoms with van der Waals surface area (Å²) in [6.45, 7) is 4.24. The van der Waals surface area contributed by atoms with E-state index in [9.17, 15) is 5.11 Å². The maximum Gasteiger partial charge on any atom is 0.142 e. The summed E-state index contributed by atoms with van der Waals surface area (Å²) in [5, 5.41) is 10.00. The highest BCUT2D eigenvalue weighted by Gasteiger charge is 2.14. The van der Waals surface area contributed by atoms with Crippen LogP contribution in [0.1, 0.15) is 6.42 Å². The first kappa shape index (κ1) is 14.1. The first-order valence-corrected chi connectivity index (χ1v) is 6.71. The van der Waals surface area contributed by atoms with Crippen LogP contribution in [0.5, 0.6) is 5.75 Å². The van der Waals surface area contributed by atoms with Gasteiger partial charge >= 0.3 is 0 Å². The van der Waals surface area contributed by atoms with Crippen LogP contribution in [-0.4, -0.2) is 55.6 Å². The molecule has 0 aromatic heterocycles. The molecule has 0 amide bonds. The topological polar surface area (TPSA) is 68.0 Å². The number of ether oxygens (including phenoxy) is 2. The quantitative estimate of drug-likeness (QED) is 0.769. The molecule has 2 rings (SSSR count). The number of benzene rings is 1. The van der Waals surface area contributed by atoms with Gasteiger partial charge in [0.15, 0.2) is 0 Å². The van der Waals surface area contributed by atoms with E-state index in [0.29, 0.717) is 18.0 Å². The highest BCUT2D eigenvalue weighted by atomic mass is 16.5. The summed E-state index contributed by atoms with van der Waals surface area (Å²) in [6.07, 6.45) is 0.497. The second-order valence-corrected chi connectivity index (χ2v) is 4.77. The van der Waals surface area contributed by atoms with Gasteiger partial charge in [-0.1, -0.05) is 12.1 Å². The molecule has 1 saturated heterocycles. The molecular formula is C14H22N2O3. The van der Waals surface area contributed by atoms with Gasteiger partial charge in [-0.2, -0.15) is 0 Å². The van der Waals surface area contributed by atoms with Crippen molar-refractivity contribution in [2.45, 2.75) is 12.5 Å². The Bertz CT molecular complexity index is 379. The molecule has 0 spiro atoms. The van der Waals surface area contributed by atoms with Crippen LogP contribution in [0, 0.1) is 0 Å². The van der Waals surface area contributed by atoms with Crippen LogP contribution < -0.4 is 10.5 Å². The number of β-amino-alcohol motifs (C(OH)–C–C–N with tert-alkyl or cyclic N) is 1. The number of nitrogens with zero attached hydrogens (tertiary/aromatic N) is 1. The molecule has 1 aliphatic heterocycles. The van der Waals surface area contributed by atoms with Gasteiger partial charge in [-0.05, 0) is 18.6 Å². The van der Waals surface area contributed by atoms with Crippen LogP contribution in [0.3, 0.4) is 0 Å². The molecule has 5 nitrogen and oxygen atoms in total. The summed E-state index contributed by atoms with van der Waals surface area (Å²) in [5.41, 5.74) is 6.37. The van der Waals surface area contributed by atoms with Crippen LogP contribution >= 0.6 is 0 Å². The van der Waals surface area contributed by atoms with Crippen LogP contribution in [0.25, 0.3) is 0 Å². The number of para-hydroxylation sites is 2. The van der Waals surface area contributed by atoms with E-state index >= 15 is 0 Å². The summed E-state index contributed by atoms with van der Waals surface area (Å²) in [7, 11) is 0. The number of anilines is 1. The maximum atomic E-state index is 10.00. The third kappa shape index (κ3) is 4.70. The van der Waals surface area contributed by atoms with Gasteiger partial charge in [-0.15, -0.1) is 0 Å². The number of nitrogens with two attached hydrogens (primary N) is 1. The van der Waals surface area contributed by atoms with Gasteiger partial charge in [0.25, 0.3) is 0 Å². The number of nitrogen functional groups attached to an aromatic ring is 1. The van der Waals surface area contributed by atoms with E-state index in [0.717, 1.165) is 32.7 Å². The largest absolute Gasteiger partial charge is 0.489 e. The number of hydrogen-bond acceptors (Lipinski definition) is 5. The number of aliphatic hydroxyl groups excluding tert-OH is 1. The minimum atomic E-state index is -0.516. The first-order valence-electron chi connectivity index (χ1n) is 6.71. The minimum absolute atomic E-state index is 0.256. The van der Waals surface area contributed by atoms with E-state index < -0.39 is 6.10 Å². The predicted octanol–water partition coefficient (Wildman–Crippen LogP) is 0.731. The van der Waals surface area contributed by atoms with Crippen molar-refractivity contribution in [2.24, 2.45) is 0 Å². The summed E-state index contributed by atoms with van der Waals surface area (Å²) in [5.74, 6) is 0.626. The fraction of sp³-hybridized carbons (Fsp3) is 0.571. The molecule has 0 aliphatic carbocycles. The average molecular weight is 266 g/mol. The van der Waals surface area contributed by atoms with E-state index in [-0.39, 0.29) is 6.61 Å². The fourth-order valence-corrected chi connectivity index (χ4v) is 2.13. The van der Waals surface area contributed by atoms with Crippen molar-refractivity contribution in [3.05, 3.63) is 24.3 Å².